The van der Waals surface area contributed by atoms with Crippen molar-refractivity contribution < 1.29 is 0 Å². The van der Waals surface area contributed by atoms with E-state index < -0.39 is 0 Å². The maximum atomic E-state index is 2.68. The second-order valence-electron chi connectivity index (χ2n) is 5.67. The number of fused-ring (bicyclic) bond motifs is 3. The van der Waals surface area contributed by atoms with Gasteiger partial charge in [0.25, 0.3) is 0 Å². The molecule has 0 aliphatic carbocycles. The molecule has 2 aliphatic heterocycles. The van der Waals surface area contributed by atoms with Crippen LogP contribution in [-0.4, -0.2) is 23.5 Å². The second-order valence-corrected chi connectivity index (χ2v) is 6.76. The third kappa shape index (κ3) is 1.86. The largest absolute Gasteiger partial charge is 0.294 e. The number of hydrogen-bond donors (Lipinski definition) is 0. The Balaban J connectivity index is 1.73. The average Bonchev–Trinajstić information content (AvgIpc) is 2.97. The van der Waals surface area contributed by atoms with Crippen molar-refractivity contribution in [3.63, 3.8) is 0 Å². The molecular formula is C17H19NS. The normalized spacial score (nSPS) is 26.9. The van der Waals surface area contributed by atoms with Crippen molar-refractivity contribution in [3.8, 4) is 0 Å². The summed E-state index contributed by atoms with van der Waals surface area (Å²) in [5.41, 5.74) is 1.60. The zero-order valence-electron chi connectivity index (χ0n) is 11.3. The SMILES string of the molecule is CCN1C2C=C(c3cc4ccccc4s3)CC1CC2. The van der Waals surface area contributed by atoms with Gasteiger partial charge in [0.15, 0.2) is 0 Å². The highest BCUT2D eigenvalue weighted by molar-refractivity contribution is 7.20. The molecule has 2 atom stereocenters. The van der Waals surface area contributed by atoms with Gasteiger partial charge >= 0.3 is 0 Å². The van der Waals surface area contributed by atoms with Crippen molar-refractivity contribution in [3.05, 3.63) is 41.3 Å². The smallest absolute Gasteiger partial charge is 0.0349 e. The highest BCUT2D eigenvalue weighted by atomic mass is 32.1. The Labute approximate surface area is 118 Å². The summed E-state index contributed by atoms with van der Waals surface area (Å²) >= 11 is 1.96. The van der Waals surface area contributed by atoms with Crippen molar-refractivity contribution >= 4 is 27.0 Å². The molecular weight excluding hydrogens is 250 g/mol. The van der Waals surface area contributed by atoms with Crippen LogP contribution in [0, 0.1) is 0 Å². The van der Waals surface area contributed by atoms with Gasteiger partial charge in [-0.2, -0.15) is 0 Å². The minimum atomic E-state index is 0.698. The third-order valence-corrected chi connectivity index (χ3v) is 5.84. The Hall–Kier alpha value is -1.12. The van der Waals surface area contributed by atoms with Gasteiger partial charge in [-0.05, 0) is 48.9 Å². The number of hydrogen-bond acceptors (Lipinski definition) is 2. The standard InChI is InChI=1S/C17H19NS/c1-2-18-14-7-8-15(18)10-13(9-14)17-11-12-5-3-4-6-16(12)19-17/h3-6,9,11,14-15H,2,7-8,10H2,1H3. The highest BCUT2D eigenvalue weighted by Crippen LogP contribution is 2.41. The van der Waals surface area contributed by atoms with Gasteiger partial charge in [0, 0.05) is 21.7 Å². The van der Waals surface area contributed by atoms with Crippen LogP contribution < -0.4 is 0 Å². The van der Waals surface area contributed by atoms with E-state index >= 15 is 0 Å². The molecule has 0 amide bonds. The molecule has 2 bridgehead atoms. The Bertz CT molecular complexity index is 607. The molecule has 0 N–H and O–H groups in total. The van der Waals surface area contributed by atoms with Crippen molar-refractivity contribution in [2.75, 3.05) is 6.54 Å². The molecule has 2 aliphatic rings. The second kappa shape index (κ2) is 4.46. The summed E-state index contributed by atoms with van der Waals surface area (Å²) in [7, 11) is 0. The van der Waals surface area contributed by atoms with Crippen molar-refractivity contribution in [2.45, 2.75) is 38.3 Å². The summed E-state index contributed by atoms with van der Waals surface area (Å²) in [6.45, 7) is 3.50. The highest BCUT2D eigenvalue weighted by Gasteiger charge is 2.35. The molecule has 19 heavy (non-hydrogen) atoms. The van der Waals surface area contributed by atoms with E-state index in [1.807, 2.05) is 11.3 Å². The van der Waals surface area contributed by atoms with E-state index in [0.29, 0.717) is 6.04 Å². The predicted molar refractivity (Wildman–Crippen MR) is 83.6 cm³/mol. The number of likely N-dealkylation sites (N-methyl/N-ethyl adjacent to an activating group) is 1. The Morgan fingerprint density at radius 1 is 1.26 bits per heavy atom. The lowest BCUT2D eigenvalue weighted by atomic mass is 9.99. The summed E-state index contributed by atoms with van der Waals surface area (Å²) in [4.78, 5) is 4.17. The van der Waals surface area contributed by atoms with E-state index in [-0.39, 0.29) is 0 Å². The average molecular weight is 269 g/mol. The van der Waals surface area contributed by atoms with Crippen molar-refractivity contribution in [2.24, 2.45) is 0 Å². The lowest BCUT2D eigenvalue weighted by molar-refractivity contribution is 0.224. The number of thiophene rings is 1. The van der Waals surface area contributed by atoms with Crippen LogP contribution in [-0.2, 0) is 0 Å². The van der Waals surface area contributed by atoms with Gasteiger partial charge in [-0.25, -0.2) is 0 Å². The molecule has 1 nitrogen and oxygen atoms in total. The van der Waals surface area contributed by atoms with Gasteiger partial charge in [-0.3, -0.25) is 4.90 Å². The molecule has 0 spiro atoms. The number of rotatable bonds is 2. The lowest BCUT2D eigenvalue weighted by Crippen LogP contribution is -2.37. The fraction of sp³-hybridized carbons (Fsp3) is 0.412. The van der Waals surface area contributed by atoms with Gasteiger partial charge < -0.3 is 0 Å². The van der Waals surface area contributed by atoms with E-state index in [2.05, 4.69) is 48.2 Å². The van der Waals surface area contributed by atoms with Crippen LogP contribution in [0.25, 0.3) is 15.7 Å². The minimum Gasteiger partial charge on any atom is -0.294 e. The third-order valence-electron chi connectivity index (χ3n) is 4.65. The van der Waals surface area contributed by atoms with E-state index in [1.165, 1.54) is 40.8 Å². The first-order valence-electron chi connectivity index (χ1n) is 7.30. The van der Waals surface area contributed by atoms with Crippen LogP contribution in [0.15, 0.2) is 36.4 Å². The summed E-state index contributed by atoms with van der Waals surface area (Å²) < 4.78 is 1.42. The molecule has 2 aromatic rings. The maximum Gasteiger partial charge on any atom is 0.0349 e. The quantitative estimate of drug-likeness (QED) is 0.773. The molecule has 2 heteroatoms. The van der Waals surface area contributed by atoms with E-state index in [0.717, 1.165) is 6.04 Å². The first kappa shape index (κ1) is 11.7. The van der Waals surface area contributed by atoms with Gasteiger partial charge in [-0.15, -0.1) is 11.3 Å². The van der Waals surface area contributed by atoms with Gasteiger partial charge in [0.2, 0.25) is 0 Å². The molecule has 0 radical (unpaired) electrons. The Morgan fingerprint density at radius 3 is 2.95 bits per heavy atom. The van der Waals surface area contributed by atoms with Crippen LogP contribution in [0.5, 0.6) is 0 Å². The Morgan fingerprint density at radius 2 is 2.16 bits per heavy atom. The van der Waals surface area contributed by atoms with Crippen LogP contribution >= 0.6 is 11.3 Å². The molecule has 1 saturated heterocycles. The summed E-state index contributed by atoms with van der Waals surface area (Å²) in [6, 6.07) is 12.6. The van der Waals surface area contributed by atoms with Gasteiger partial charge in [0.1, 0.15) is 0 Å². The van der Waals surface area contributed by atoms with E-state index in [9.17, 15) is 0 Å². The fourth-order valence-corrected chi connectivity index (χ4v) is 4.83. The lowest BCUT2D eigenvalue weighted by Gasteiger charge is -2.32. The molecule has 2 unspecified atom stereocenters. The fourth-order valence-electron chi connectivity index (χ4n) is 3.73. The molecule has 1 aromatic carbocycles. The number of benzene rings is 1. The van der Waals surface area contributed by atoms with Crippen LogP contribution in [0.1, 0.15) is 31.1 Å². The molecule has 1 aromatic heterocycles. The van der Waals surface area contributed by atoms with Crippen molar-refractivity contribution in [1.29, 1.82) is 0 Å². The van der Waals surface area contributed by atoms with Crippen LogP contribution in [0.2, 0.25) is 0 Å². The zero-order valence-corrected chi connectivity index (χ0v) is 12.1. The molecule has 1 fully saturated rings. The molecule has 4 rings (SSSR count). The van der Waals surface area contributed by atoms with Gasteiger partial charge in [-0.1, -0.05) is 31.2 Å². The topological polar surface area (TPSA) is 3.24 Å². The molecule has 98 valence electrons. The molecule has 3 heterocycles. The van der Waals surface area contributed by atoms with Crippen molar-refractivity contribution in [1.82, 2.24) is 4.90 Å². The minimum absolute atomic E-state index is 0.698. The van der Waals surface area contributed by atoms with E-state index in [4.69, 9.17) is 0 Å². The van der Waals surface area contributed by atoms with E-state index in [1.54, 1.807) is 5.57 Å². The first-order chi connectivity index (χ1) is 9.35. The summed E-state index contributed by atoms with van der Waals surface area (Å²) in [6.07, 6.45) is 6.52. The predicted octanol–water partition coefficient (Wildman–Crippen LogP) is 4.54. The Kier molecular flexibility index (Phi) is 2.75. The monoisotopic (exact) mass is 269 g/mol. The summed E-state index contributed by atoms with van der Waals surface area (Å²) in [5.74, 6) is 0. The zero-order chi connectivity index (χ0) is 12.8. The number of nitrogens with zero attached hydrogens (tertiary/aromatic N) is 1. The van der Waals surface area contributed by atoms with Gasteiger partial charge in [0.05, 0.1) is 0 Å². The maximum absolute atomic E-state index is 2.68. The van der Waals surface area contributed by atoms with Crippen LogP contribution in [0.4, 0.5) is 0 Å². The summed E-state index contributed by atoms with van der Waals surface area (Å²) in [5, 5.41) is 1.40. The first-order valence-corrected chi connectivity index (χ1v) is 8.12. The molecule has 0 saturated carbocycles. The van der Waals surface area contributed by atoms with Crippen LogP contribution in [0.3, 0.4) is 0 Å².